The SMILES string of the molecule is CC(C)(C)CCOCCOc1cccc(C#CCN)c1. The summed E-state index contributed by atoms with van der Waals surface area (Å²) in [6.07, 6.45) is 1.05. The summed E-state index contributed by atoms with van der Waals surface area (Å²) in [5.74, 6) is 6.63. The Morgan fingerprint density at radius 2 is 1.95 bits per heavy atom. The van der Waals surface area contributed by atoms with Crippen molar-refractivity contribution in [1.82, 2.24) is 0 Å². The van der Waals surface area contributed by atoms with Crippen molar-refractivity contribution in [3.63, 3.8) is 0 Å². The summed E-state index contributed by atoms with van der Waals surface area (Å²) >= 11 is 0. The normalized spacial score (nSPS) is 10.8. The first-order chi connectivity index (χ1) is 9.51. The van der Waals surface area contributed by atoms with E-state index in [1.54, 1.807) is 0 Å². The summed E-state index contributed by atoms with van der Waals surface area (Å²) in [4.78, 5) is 0. The fourth-order valence-electron chi connectivity index (χ4n) is 1.52. The van der Waals surface area contributed by atoms with Gasteiger partial charge in [-0.25, -0.2) is 0 Å². The summed E-state index contributed by atoms with van der Waals surface area (Å²) < 4.78 is 11.2. The highest BCUT2D eigenvalue weighted by molar-refractivity contribution is 5.39. The van der Waals surface area contributed by atoms with Crippen molar-refractivity contribution in [2.75, 3.05) is 26.4 Å². The third-order valence-corrected chi connectivity index (χ3v) is 2.66. The molecule has 0 fully saturated rings. The van der Waals surface area contributed by atoms with Crippen molar-refractivity contribution in [3.8, 4) is 17.6 Å². The maximum atomic E-state index is 5.63. The van der Waals surface area contributed by atoms with Gasteiger partial charge in [0.1, 0.15) is 12.4 Å². The Hall–Kier alpha value is -1.50. The molecule has 0 aliphatic rings. The average molecular weight is 275 g/mol. The lowest BCUT2D eigenvalue weighted by Gasteiger charge is -2.17. The first-order valence-corrected chi connectivity index (χ1v) is 7.01. The van der Waals surface area contributed by atoms with Crippen molar-refractivity contribution in [3.05, 3.63) is 29.8 Å². The second-order valence-electron chi connectivity index (χ2n) is 5.81. The molecule has 0 bridgehead atoms. The monoisotopic (exact) mass is 275 g/mol. The van der Waals surface area contributed by atoms with E-state index in [-0.39, 0.29) is 0 Å². The van der Waals surface area contributed by atoms with Crippen LogP contribution in [0.2, 0.25) is 0 Å². The van der Waals surface area contributed by atoms with Crippen molar-refractivity contribution in [1.29, 1.82) is 0 Å². The van der Waals surface area contributed by atoms with E-state index in [1.807, 2.05) is 24.3 Å². The van der Waals surface area contributed by atoms with Crippen molar-refractivity contribution < 1.29 is 9.47 Å². The first kappa shape index (κ1) is 16.6. The molecule has 0 unspecified atom stereocenters. The molecule has 0 heterocycles. The molecule has 1 aromatic rings. The van der Waals surface area contributed by atoms with Gasteiger partial charge in [-0.1, -0.05) is 38.7 Å². The van der Waals surface area contributed by atoms with E-state index in [1.165, 1.54) is 0 Å². The summed E-state index contributed by atoms with van der Waals surface area (Å²) in [5, 5.41) is 0. The Kier molecular flexibility index (Phi) is 7.14. The number of hydrogen-bond donors (Lipinski definition) is 1. The Labute approximate surface area is 122 Å². The predicted molar refractivity (Wildman–Crippen MR) is 82.8 cm³/mol. The highest BCUT2D eigenvalue weighted by Gasteiger charge is 2.08. The van der Waals surface area contributed by atoms with Gasteiger partial charge in [0.05, 0.1) is 13.2 Å². The molecule has 0 aromatic heterocycles. The van der Waals surface area contributed by atoms with Crippen LogP contribution >= 0.6 is 0 Å². The summed E-state index contributed by atoms with van der Waals surface area (Å²) in [7, 11) is 0. The Balaban J connectivity index is 2.25. The standard InChI is InChI=1S/C17H25NO2/c1-17(2,3)9-11-19-12-13-20-16-8-4-6-15(14-16)7-5-10-18/h4,6,8,14H,9-13,18H2,1-3H3. The maximum Gasteiger partial charge on any atom is 0.120 e. The number of hydrogen-bond acceptors (Lipinski definition) is 3. The zero-order valence-corrected chi connectivity index (χ0v) is 12.7. The van der Waals surface area contributed by atoms with Crippen molar-refractivity contribution >= 4 is 0 Å². The molecular formula is C17H25NO2. The van der Waals surface area contributed by atoms with E-state index >= 15 is 0 Å². The molecule has 0 radical (unpaired) electrons. The van der Waals surface area contributed by atoms with Gasteiger partial charge in [-0.3, -0.25) is 0 Å². The molecule has 110 valence electrons. The van der Waals surface area contributed by atoms with Crippen LogP contribution in [-0.2, 0) is 4.74 Å². The summed E-state index contributed by atoms with van der Waals surface area (Å²) in [6.45, 7) is 8.93. The van der Waals surface area contributed by atoms with Crippen LogP contribution in [0.1, 0.15) is 32.8 Å². The quantitative estimate of drug-likeness (QED) is 0.641. The molecule has 3 heteroatoms. The van der Waals surface area contributed by atoms with Gasteiger partial charge < -0.3 is 15.2 Å². The van der Waals surface area contributed by atoms with Crippen LogP contribution < -0.4 is 10.5 Å². The van der Waals surface area contributed by atoms with Crippen LogP contribution in [0.3, 0.4) is 0 Å². The molecule has 0 spiro atoms. The van der Waals surface area contributed by atoms with E-state index in [2.05, 4.69) is 32.6 Å². The Morgan fingerprint density at radius 3 is 2.65 bits per heavy atom. The number of ether oxygens (including phenoxy) is 2. The van der Waals surface area contributed by atoms with Crippen molar-refractivity contribution in [2.24, 2.45) is 11.1 Å². The fourth-order valence-corrected chi connectivity index (χ4v) is 1.52. The molecule has 1 aromatic carbocycles. The van der Waals surface area contributed by atoms with Crippen LogP contribution in [0.5, 0.6) is 5.75 Å². The summed E-state index contributed by atoms with van der Waals surface area (Å²) in [6, 6.07) is 7.70. The van der Waals surface area contributed by atoms with Crippen LogP contribution in [0.4, 0.5) is 0 Å². The third kappa shape index (κ3) is 7.83. The van der Waals surface area contributed by atoms with Gasteiger partial charge in [0.15, 0.2) is 0 Å². The molecular weight excluding hydrogens is 250 g/mol. The van der Waals surface area contributed by atoms with Crippen LogP contribution in [0, 0.1) is 17.3 Å². The van der Waals surface area contributed by atoms with Crippen LogP contribution in [0.15, 0.2) is 24.3 Å². The molecule has 0 aliphatic carbocycles. The fraction of sp³-hybridized carbons (Fsp3) is 0.529. The Morgan fingerprint density at radius 1 is 1.15 bits per heavy atom. The zero-order chi connectivity index (χ0) is 14.8. The molecule has 0 aliphatic heterocycles. The maximum absolute atomic E-state index is 5.63. The largest absolute Gasteiger partial charge is 0.491 e. The van der Waals surface area contributed by atoms with E-state index in [4.69, 9.17) is 15.2 Å². The molecule has 3 nitrogen and oxygen atoms in total. The van der Waals surface area contributed by atoms with Gasteiger partial charge in [0.2, 0.25) is 0 Å². The van der Waals surface area contributed by atoms with Crippen LogP contribution in [-0.4, -0.2) is 26.4 Å². The van der Waals surface area contributed by atoms with Gasteiger partial charge in [0, 0.05) is 12.2 Å². The first-order valence-electron chi connectivity index (χ1n) is 7.01. The highest BCUT2D eigenvalue weighted by atomic mass is 16.5. The number of benzene rings is 1. The second-order valence-corrected chi connectivity index (χ2v) is 5.81. The lowest BCUT2D eigenvalue weighted by atomic mass is 9.93. The highest BCUT2D eigenvalue weighted by Crippen LogP contribution is 2.17. The third-order valence-electron chi connectivity index (χ3n) is 2.66. The predicted octanol–water partition coefficient (Wildman–Crippen LogP) is 2.83. The van der Waals surface area contributed by atoms with Crippen LogP contribution in [0.25, 0.3) is 0 Å². The number of rotatable bonds is 6. The Bertz CT molecular complexity index is 452. The number of nitrogens with two attached hydrogens (primary N) is 1. The topological polar surface area (TPSA) is 44.5 Å². The smallest absolute Gasteiger partial charge is 0.120 e. The second kappa shape index (κ2) is 8.63. The molecule has 0 saturated heterocycles. The lowest BCUT2D eigenvalue weighted by Crippen LogP contribution is -2.12. The van der Waals surface area contributed by atoms with Crippen molar-refractivity contribution in [2.45, 2.75) is 27.2 Å². The van der Waals surface area contributed by atoms with Gasteiger partial charge in [-0.2, -0.15) is 0 Å². The van der Waals surface area contributed by atoms with Gasteiger partial charge in [-0.15, -0.1) is 0 Å². The zero-order valence-electron chi connectivity index (χ0n) is 12.7. The minimum Gasteiger partial charge on any atom is -0.491 e. The molecule has 0 amide bonds. The van der Waals surface area contributed by atoms with E-state index < -0.39 is 0 Å². The minimum atomic E-state index is 0.316. The minimum absolute atomic E-state index is 0.316. The molecule has 0 saturated carbocycles. The van der Waals surface area contributed by atoms with E-state index in [0.29, 0.717) is 25.2 Å². The van der Waals surface area contributed by atoms with E-state index in [9.17, 15) is 0 Å². The average Bonchev–Trinajstić information content (AvgIpc) is 2.40. The summed E-state index contributed by atoms with van der Waals surface area (Å²) in [5.41, 5.74) is 6.58. The molecule has 0 atom stereocenters. The molecule has 2 N–H and O–H groups in total. The van der Waals surface area contributed by atoms with E-state index in [0.717, 1.165) is 24.3 Å². The van der Waals surface area contributed by atoms with Gasteiger partial charge in [0.25, 0.3) is 0 Å². The van der Waals surface area contributed by atoms with Gasteiger partial charge in [-0.05, 0) is 30.0 Å². The molecule has 20 heavy (non-hydrogen) atoms. The molecule has 1 rings (SSSR count). The lowest BCUT2D eigenvalue weighted by molar-refractivity contribution is 0.0818. The van der Waals surface area contributed by atoms with Gasteiger partial charge >= 0.3 is 0 Å².